The number of halogens is 1. The van der Waals surface area contributed by atoms with Gasteiger partial charge in [-0.25, -0.2) is 8.42 Å². The highest BCUT2D eigenvalue weighted by molar-refractivity contribution is 7.92. The van der Waals surface area contributed by atoms with Crippen LogP contribution in [0.15, 0.2) is 53.4 Å². The number of hydrogen-bond acceptors (Lipinski definition) is 4. The summed E-state index contributed by atoms with van der Waals surface area (Å²) in [6.45, 7) is 2.34. The molecule has 0 aliphatic carbocycles. The Hall–Kier alpha value is -1.89. The molecule has 0 fully saturated rings. The largest absolute Gasteiger partial charge is 0.353 e. The van der Waals surface area contributed by atoms with E-state index in [0.29, 0.717) is 11.6 Å². The first-order valence-electron chi connectivity index (χ1n) is 8.17. The topological polar surface area (TPSA) is 66.5 Å². The molecule has 2 aromatic carbocycles. The monoisotopic (exact) mass is 394 g/mol. The lowest BCUT2D eigenvalue weighted by molar-refractivity contribution is -0.118. The summed E-state index contributed by atoms with van der Waals surface area (Å²) in [7, 11) is 0.137. The molecular weight excluding hydrogens is 372 g/mol. The van der Waals surface area contributed by atoms with Crippen LogP contribution >= 0.6 is 11.6 Å². The number of likely N-dealkylation sites (N-methyl/N-ethyl adjacent to an activating group) is 1. The van der Waals surface area contributed by atoms with Crippen LogP contribution in [0.2, 0.25) is 5.02 Å². The number of sulfone groups is 1. The van der Waals surface area contributed by atoms with E-state index in [-0.39, 0.29) is 10.9 Å². The van der Waals surface area contributed by atoms with Crippen molar-refractivity contribution in [3.05, 3.63) is 64.7 Å². The lowest BCUT2D eigenvalue weighted by Gasteiger charge is -2.25. The SMILES string of the molecule is Cc1ccc(C(CNC(=O)CS(=O)(=O)c2ccc(Cl)cc2)N(C)C)cc1. The Bertz CT molecular complexity index is 847. The standard InChI is InChI=1S/C19H23ClN2O3S/c1-14-4-6-15(7-5-14)18(22(2)3)12-21-19(23)13-26(24,25)17-10-8-16(20)9-11-17/h4-11,18H,12-13H2,1-3H3,(H,21,23). The first-order chi connectivity index (χ1) is 12.2. The van der Waals surface area contributed by atoms with Gasteiger partial charge in [-0.2, -0.15) is 0 Å². The predicted octanol–water partition coefficient (Wildman–Crippen LogP) is 2.84. The number of hydrogen-bond donors (Lipinski definition) is 1. The van der Waals surface area contributed by atoms with Crippen molar-refractivity contribution in [2.75, 3.05) is 26.4 Å². The maximum atomic E-state index is 12.3. The third-order valence-electron chi connectivity index (χ3n) is 4.07. The van der Waals surface area contributed by atoms with Crippen LogP contribution in [-0.2, 0) is 14.6 Å². The van der Waals surface area contributed by atoms with E-state index in [1.807, 2.05) is 50.2 Å². The summed E-state index contributed by atoms with van der Waals surface area (Å²) < 4.78 is 24.7. The Kier molecular flexibility index (Phi) is 6.81. The minimum atomic E-state index is -3.70. The smallest absolute Gasteiger partial charge is 0.235 e. The quantitative estimate of drug-likeness (QED) is 0.784. The molecule has 0 heterocycles. The van der Waals surface area contributed by atoms with Crippen LogP contribution in [0.5, 0.6) is 0 Å². The zero-order valence-corrected chi connectivity index (χ0v) is 16.6. The van der Waals surface area contributed by atoms with E-state index in [2.05, 4.69) is 5.32 Å². The maximum absolute atomic E-state index is 12.3. The van der Waals surface area contributed by atoms with Crippen LogP contribution in [0.3, 0.4) is 0 Å². The predicted molar refractivity (Wildman–Crippen MR) is 104 cm³/mol. The summed E-state index contributed by atoms with van der Waals surface area (Å²) in [5.41, 5.74) is 2.21. The van der Waals surface area contributed by atoms with E-state index in [1.54, 1.807) is 0 Å². The molecule has 0 saturated heterocycles. The minimum absolute atomic E-state index is 0.0437. The number of amides is 1. The number of rotatable bonds is 7. The molecular formula is C19H23ClN2O3S. The highest BCUT2D eigenvalue weighted by Gasteiger charge is 2.21. The number of carbonyl (C=O) groups is 1. The zero-order valence-electron chi connectivity index (χ0n) is 15.1. The van der Waals surface area contributed by atoms with Crippen LogP contribution < -0.4 is 5.32 Å². The van der Waals surface area contributed by atoms with Crippen molar-refractivity contribution < 1.29 is 13.2 Å². The van der Waals surface area contributed by atoms with E-state index >= 15 is 0 Å². The van der Waals surface area contributed by atoms with Gasteiger partial charge >= 0.3 is 0 Å². The Morgan fingerprint density at radius 2 is 1.65 bits per heavy atom. The lowest BCUT2D eigenvalue weighted by Crippen LogP contribution is -2.37. The number of nitrogens with one attached hydrogen (secondary N) is 1. The Balaban J connectivity index is 2.01. The van der Waals surface area contributed by atoms with Crippen molar-refractivity contribution in [3.8, 4) is 0 Å². The van der Waals surface area contributed by atoms with E-state index in [4.69, 9.17) is 11.6 Å². The summed E-state index contributed by atoms with van der Waals surface area (Å²) in [4.78, 5) is 14.2. The molecule has 0 spiro atoms. The second-order valence-electron chi connectivity index (χ2n) is 6.41. The molecule has 5 nitrogen and oxygen atoms in total. The van der Waals surface area contributed by atoms with Gasteiger partial charge in [0, 0.05) is 11.6 Å². The fourth-order valence-electron chi connectivity index (χ4n) is 2.55. The normalized spacial score (nSPS) is 12.8. The summed E-state index contributed by atoms with van der Waals surface area (Å²) in [6, 6.07) is 13.8. The van der Waals surface area contributed by atoms with Gasteiger partial charge in [0.2, 0.25) is 5.91 Å². The fraction of sp³-hybridized carbons (Fsp3) is 0.316. The molecule has 1 unspecified atom stereocenters. The van der Waals surface area contributed by atoms with E-state index < -0.39 is 21.5 Å². The first kappa shape index (κ1) is 20.4. The summed E-state index contributed by atoms with van der Waals surface area (Å²) in [5.74, 6) is -1.12. The van der Waals surface area contributed by atoms with Gasteiger partial charge in [-0.05, 0) is 50.8 Å². The number of nitrogens with zero attached hydrogens (tertiary/aromatic N) is 1. The second-order valence-corrected chi connectivity index (χ2v) is 8.83. The van der Waals surface area contributed by atoms with Gasteiger partial charge < -0.3 is 10.2 Å². The molecule has 0 aliphatic rings. The maximum Gasteiger partial charge on any atom is 0.235 e. The Morgan fingerprint density at radius 3 is 2.19 bits per heavy atom. The molecule has 140 valence electrons. The van der Waals surface area contributed by atoms with E-state index in [0.717, 1.165) is 11.1 Å². The molecule has 7 heteroatoms. The van der Waals surface area contributed by atoms with Crippen molar-refractivity contribution in [1.82, 2.24) is 10.2 Å². The molecule has 26 heavy (non-hydrogen) atoms. The van der Waals surface area contributed by atoms with Crippen molar-refractivity contribution >= 4 is 27.3 Å². The lowest BCUT2D eigenvalue weighted by atomic mass is 10.0. The third kappa shape index (κ3) is 5.56. The van der Waals surface area contributed by atoms with Crippen LogP contribution in [0.1, 0.15) is 17.2 Å². The summed E-state index contributed by atoms with van der Waals surface area (Å²) in [5, 5.41) is 3.17. The molecule has 0 aromatic heterocycles. The molecule has 0 aliphatic heterocycles. The van der Waals surface area contributed by atoms with Crippen molar-refractivity contribution in [2.45, 2.75) is 17.9 Å². The Morgan fingerprint density at radius 1 is 1.08 bits per heavy atom. The second kappa shape index (κ2) is 8.66. The van der Waals surface area contributed by atoms with Crippen molar-refractivity contribution in [3.63, 3.8) is 0 Å². The zero-order chi connectivity index (χ0) is 19.3. The Labute approximate surface area is 159 Å². The molecule has 2 aromatic rings. The average Bonchev–Trinajstić information content (AvgIpc) is 2.56. The van der Waals surface area contributed by atoms with Gasteiger partial charge in [-0.3, -0.25) is 4.79 Å². The van der Waals surface area contributed by atoms with Gasteiger partial charge in [0.05, 0.1) is 10.9 Å². The highest BCUT2D eigenvalue weighted by atomic mass is 35.5. The van der Waals surface area contributed by atoms with Crippen molar-refractivity contribution in [2.24, 2.45) is 0 Å². The molecule has 1 amide bonds. The molecule has 1 N–H and O–H groups in total. The number of benzene rings is 2. The average molecular weight is 395 g/mol. The highest BCUT2D eigenvalue weighted by Crippen LogP contribution is 2.18. The van der Waals surface area contributed by atoms with Crippen LogP contribution in [0, 0.1) is 6.92 Å². The van der Waals surface area contributed by atoms with Gasteiger partial charge in [-0.1, -0.05) is 41.4 Å². The van der Waals surface area contributed by atoms with E-state index in [1.165, 1.54) is 24.3 Å². The van der Waals surface area contributed by atoms with Crippen LogP contribution in [-0.4, -0.2) is 45.6 Å². The molecule has 1 atom stereocenters. The third-order valence-corrected chi connectivity index (χ3v) is 5.96. The van der Waals surface area contributed by atoms with Gasteiger partial charge in [0.15, 0.2) is 9.84 Å². The first-order valence-corrected chi connectivity index (χ1v) is 10.2. The number of carbonyl (C=O) groups excluding carboxylic acids is 1. The van der Waals surface area contributed by atoms with Gasteiger partial charge in [0.1, 0.15) is 5.75 Å². The fourth-order valence-corrected chi connectivity index (χ4v) is 3.84. The van der Waals surface area contributed by atoms with E-state index in [9.17, 15) is 13.2 Å². The summed E-state index contributed by atoms with van der Waals surface area (Å²) >= 11 is 5.77. The molecule has 2 rings (SSSR count). The molecule has 0 bridgehead atoms. The molecule has 0 saturated carbocycles. The molecule has 0 radical (unpaired) electrons. The van der Waals surface area contributed by atoms with Gasteiger partial charge in [-0.15, -0.1) is 0 Å². The van der Waals surface area contributed by atoms with Crippen LogP contribution in [0.4, 0.5) is 0 Å². The summed E-state index contributed by atoms with van der Waals surface area (Å²) in [6.07, 6.45) is 0. The van der Waals surface area contributed by atoms with Crippen molar-refractivity contribution in [1.29, 1.82) is 0 Å². The number of aryl methyl sites for hydroxylation is 1. The minimum Gasteiger partial charge on any atom is -0.353 e. The van der Waals surface area contributed by atoms with Crippen LogP contribution in [0.25, 0.3) is 0 Å². The van der Waals surface area contributed by atoms with Gasteiger partial charge in [0.25, 0.3) is 0 Å².